The van der Waals surface area contributed by atoms with Crippen LogP contribution < -0.4 is 0 Å². The number of ether oxygens (including phenoxy) is 9. The minimum absolute atomic E-state index is 0.0210. The molecule has 0 aliphatic carbocycles. The van der Waals surface area contributed by atoms with Crippen molar-refractivity contribution in [3.05, 3.63) is 24.3 Å². The predicted octanol–water partition coefficient (Wildman–Crippen LogP) is 6.17. The molecule has 0 amide bonds. The Morgan fingerprint density at radius 2 is 1.56 bits per heavy atom. The monoisotopic (exact) mass is 726 g/mol. The van der Waals surface area contributed by atoms with Gasteiger partial charge in [-0.15, -0.1) is 0 Å². The molecule has 0 saturated carbocycles. The normalized spacial score (nSPS) is 53.7. The first-order valence-corrected chi connectivity index (χ1v) is 20.7. The summed E-state index contributed by atoms with van der Waals surface area (Å²) < 4.78 is 60.1. The van der Waals surface area contributed by atoms with Crippen molar-refractivity contribution in [1.29, 1.82) is 0 Å². The third kappa shape index (κ3) is 6.72. The maximum atomic E-state index is 14.1. The minimum atomic E-state index is -0.757. The Morgan fingerprint density at radius 3 is 2.37 bits per heavy atom. The van der Waals surface area contributed by atoms with Gasteiger partial charge in [-0.2, -0.15) is 0 Å². The molecule has 9 heterocycles. The maximum Gasteiger partial charge on any atom is 0.169 e. The van der Waals surface area contributed by atoms with Gasteiger partial charge in [0.05, 0.1) is 67.6 Å². The predicted molar refractivity (Wildman–Crippen MR) is 191 cm³/mol. The summed E-state index contributed by atoms with van der Waals surface area (Å²) >= 11 is 0. The van der Waals surface area contributed by atoms with Crippen molar-refractivity contribution >= 4 is 5.78 Å². The van der Waals surface area contributed by atoms with E-state index in [0.717, 1.165) is 89.2 Å². The van der Waals surface area contributed by atoms with Crippen molar-refractivity contribution in [3.63, 3.8) is 0 Å². The summed E-state index contributed by atoms with van der Waals surface area (Å²) in [5.41, 5.74) is 1.66. The number of fused-ring (bicyclic) bond motifs is 9. The molecular weight excluding hydrogens is 664 g/mol. The van der Waals surface area contributed by atoms with E-state index in [9.17, 15) is 4.79 Å². The Bertz CT molecular complexity index is 1380. The molecule has 9 aliphatic heterocycles. The van der Waals surface area contributed by atoms with Crippen LogP contribution in [-0.4, -0.2) is 110 Å². The van der Waals surface area contributed by atoms with Crippen LogP contribution in [-0.2, 0) is 47.4 Å². The summed E-state index contributed by atoms with van der Waals surface area (Å²) in [6, 6.07) is 0. The van der Waals surface area contributed by atoms with E-state index in [1.165, 1.54) is 5.57 Å². The molecule has 9 fully saturated rings. The Balaban J connectivity index is 0.997. The summed E-state index contributed by atoms with van der Waals surface area (Å²) in [5.74, 6) is 0.164. The van der Waals surface area contributed by atoms with Gasteiger partial charge in [-0.1, -0.05) is 27.0 Å². The number of hydrogen-bond acceptors (Lipinski definition) is 10. The lowest BCUT2D eigenvalue weighted by atomic mass is 9.77. The van der Waals surface area contributed by atoms with Gasteiger partial charge in [0, 0.05) is 45.6 Å². The molecule has 0 aromatic rings. The van der Waals surface area contributed by atoms with E-state index in [1.807, 2.05) is 0 Å². The van der Waals surface area contributed by atoms with Crippen LogP contribution >= 0.6 is 0 Å². The van der Waals surface area contributed by atoms with Gasteiger partial charge in [0.25, 0.3) is 0 Å². The van der Waals surface area contributed by atoms with Crippen molar-refractivity contribution in [1.82, 2.24) is 0 Å². The Morgan fingerprint density at radius 1 is 0.788 bits per heavy atom. The van der Waals surface area contributed by atoms with Crippen LogP contribution in [0.5, 0.6) is 0 Å². The molecule has 9 saturated heterocycles. The highest BCUT2D eigenvalue weighted by Gasteiger charge is 2.66. The summed E-state index contributed by atoms with van der Waals surface area (Å²) in [4.78, 5) is 14.1. The van der Waals surface area contributed by atoms with Gasteiger partial charge >= 0.3 is 0 Å². The van der Waals surface area contributed by atoms with Gasteiger partial charge in [0.1, 0.15) is 29.7 Å². The molecule has 52 heavy (non-hydrogen) atoms. The van der Waals surface area contributed by atoms with Gasteiger partial charge in [-0.3, -0.25) is 4.79 Å². The largest absolute Gasteiger partial charge is 0.376 e. The van der Waals surface area contributed by atoms with E-state index < -0.39 is 11.4 Å². The number of methoxy groups -OCH3 is 1. The molecule has 3 unspecified atom stereocenters. The van der Waals surface area contributed by atoms with Crippen LogP contribution in [0.15, 0.2) is 24.3 Å². The van der Waals surface area contributed by atoms with Crippen LogP contribution in [0.3, 0.4) is 0 Å². The molecular formula is C42H62O10. The van der Waals surface area contributed by atoms with Gasteiger partial charge in [-0.25, -0.2) is 0 Å². The van der Waals surface area contributed by atoms with E-state index >= 15 is 0 Å². The second kappa shape index (κ2) is 14.1. The van der Waals surface area contributed by atoms with E-state index in [2.05, 4.69) is 33.9 Å². The van der Waals surface area contributed by atoms with Crippen molar-refractivity contribution in [2.45, 2.75) is 201 Å². The first-order valence-electron chi connectivity index (χ1n) is 20.7. The molecule has 0 radical (unpaired) electrons. The lowest BCUT2D eigenvalue weighted by molar-refractivity contribution is -0.318. The second-order valence-electron chi connectivity index (χ2n) is 18.2. The van der Waals surface area contributed by atoms with Crippen LogP contribution in [0.1, 0.15) is 111 Å². The molecule has 290 valence electrons. The second-order valence-corrected chi connectivity index (χ2v) is 18.2. The highest BCUT2D eigenvalue weighted by molar-refractivity contribution is 5.79. The number of rotatable bonds is 3. The number of Topliss-reactive ketones (excluding diaryl/α,β-unsaturated/α-hetero) is 1. The lowest BCUT2D eigenvalue weighted by Gasteiger charge is -2.54. The fourth-order valence-electron chi connectivity index (χ4n) is 11.6. The Kier molecular flexibility index (Phi) is 9.86. The summed E-state index contributed by atoms with van der Waals surface area (Å²) in [6.07, 6.45) is 9.63. The van der Waals surface area contributed by atoms with E-state index in [0.29, 0.717) is 18.8 Å². The summed E-state index contributed by atoms with van der Waals surface area (Å²) in [7, 11) is 1.74. The fourth-order valence-corrected chi connectivity index (χ4v) is 11.6. The van der Waals surface area contributed by atoms with E-state index in [1.54, 1.807) is 7.11 Å². The smallest absolute Gasteiger partial charge is 0.169 e. The van der Waals surface area contributed by atoms with Crippen LogP contribution in [0.2, 0.25) is 0 Å². The van der Waals surface area contributed by atoms with Gasteiger partial charge < -0.3 is 42.6 Å². The van der Waals surface area contributed by atoms with E-state index in [4.69, 9.17) is 42.6 Å². The molecule has 10 heteroatoms. The van der Waals surface area contributed by atoms with Crippen LogP contribution in [0.4, 0.5) is 0 Å². The fraction of sp³-hybridized carbons (Fsp3) is 0.881. The number of hydrogen-bond donors (Lipinski definition) is 0. The third-order valence-corrected chi connectivity index (χ3v) is 14.7. The van der Waals surface area contributed by atoms with Gasteiger partial charge in [0.2, 0.25) is 0 Å². The number of epoxide rings is 1. The Hall–Kier alpha value is -1.21. The first kappa shape index (κ1) is 36.4. The van der Waals surface area contributed by atoms with Gasteiger partial charge in [-0.05, 0) is 87.2 Å². The quantitative estimate of drug-likeness (QED) is 0.248. The topological polar surface area (TPSA) is 103 Å². The minimum Gasteiger partial charge on any atom is -0.376 e. The van der Waals surface area contributed by atoms with Crippen molar-refractivity contribution in [2.24, 2.45) is 17.8 Å². The summed E-state index contributed by atoms with van der Waals surface area (Å²) in [6.45, 7) is 16.5. The van der Waals surface area contributed by atoms with Gasteiger partial charge in [0.15, 0.2) is 5.79 Å². The SMILES string of the molecule is C=C1C[C@@H]2CC[C@]34CC[C@H](O3)[C@]3(C)O[C@H]5CC[C@H](CC(=O)CC6[C@H](CC7O[C@@H](CCC1O2)C[C@@H](C)C7=C)O[C@H](C[C@H]1CO1)[C@@H]6C)O[C@@H]5[C@H](O4)[C@@H]3OC. The zero-order valence-electron chi connectivity index (χ0n) is 31.8. The number of carbonyl (C=O) groups excluding carboxylic acids is 1. The zero-order chi connectivity index (χ0) is 35.9. The van der Waals surface area contributed by atoms with Crippen LogP contribution in [0.25, 0.3) is 0 Å². The molecule has 10 nitrogen and oxygen atoms in total. The van der Waals surface area contributed by atoms with Crippen molar-refractivity contribution < 1.29 is 47.4 Å². The molecule has 10 bridgehead atoms. The van der Waals surface area contributed by atoms with Crippen LogP contribution in [0, 0.1) is 17.8 Å². The highest BCUT2D eigenvalue weighted by Crippen LogP contribution is 2.53. The molecule has 18 atom stereocenters. The van der Waals surface area contributed by atoms with Crippen molar-refractivity contribution in [2.75, 3.05) is 13.7 Å². The average molecular weight is 727 g/mol. The highest BCUT2D eigenvalue weighted by atomic mass is 16.7. The molecule has 0 aromatic carbocycles. The number of carbonyl (C=O) groups is 1. The average Bonchev–Trinajstić information content (AvgIpc) is 3.63. The molecule has 0 N–H and O–H groups in total. The third-order valence-electron chi connectivity index (χ3n) is 14.7. The standard InChI is InChI=1S/C42H62O10/c1-22-15-27-7-9-32-23(2)16-29(46-32)11-13-42-14-12-37(51-42)41(5)40(44-6)39(52-42)38-33(50-41)10-8-28(48-38)17-26(43)18-31-25(4)34(19-30-21-45-30)49-36(31)20-35(47-27)24(22)3/h22,25,27-40H,2-3,7-21H2,1,4-6H3/t22-,25-,27+,28-,29+,30+,31?,32?,33+,34-,35?,36+,37+,38+,39+,40+,41+,42+/m1/s1. The molecule has 9 rings (SSSR count). The Labute approximate surface area is 309 Å². The maximum absolute atomic E-state index is 14.1. The molecule has 1 spiro atoms. The lowest BCUT2D eigenvalue weighted by Crippen LogP contribution is -2.69. The zero-order valence-corrected chi connectivity index (χ0v) is 31.8. The van der Waals surface area contributed by atoms with Crippen molar-refractivity contribution in [3.8, 4) is 0 Å². The molecule has 9 aliphatic rings. The summed E-state index contributed by atoms with van der Waals surface area (Å²) in [5, 5.41) is 0. The molecule has 0 aromatic heterocycles. The number of ketones is 1. The van der Waals surface area contributed by atoms with E-state index in [-0.39, 0.29) is 97.0 Å². The first-order chi connectivity index (χ1) is 25.0.